The molecule has 0 aliphatic carbocycles. The molecule has 0 aromatic heterocycles. The average Bonchev–Trinajstić information content (AvgIpc) is 3.10. The summed E-state index contributed by atoms with van der Waals surface area (Å²) in [5.41, 5.74) is 1.60. The molecule has 3 rings (SSSR count). The molecule has 0 atom stereocenters. The lowest BCUT2D eigenvalue weighted by molar-refractivity contribution is -0.128. The average molecular weight is 384 g/mol. The number of carbonyl (C=O) groups excluding carboxylic acids is 3. The van der Waals surface area contributed by atoms with Crippen LogP contribution >= 0.6 is 0 Å². The second kappa shape index (κ2) is 9.12. The van der Waals surface area contributed by atoms with Crippen molar-refractivity contribution in [1.82, 2.24) is 10.2 Å². The van der Waals surface area contributed by atoms with E-state index in [1.54, 1.807) is 47.4 Å². The van der Waals surface area contributed by atoms with Crippen LogP contribution in [0.1, 0.15) is 34.3 Å². The first-order chi connectivity index (χ1) is 13.5. The maximum atomic E-state index is 13.5. The molecular weight excluding hydrogens is 363 g/mol. The molecule has 0 radical (unpaired) electrons. The molecule has 1 fully saturated rings. The predicted octanol–water partition coefficient (Wildman–Crippen LogP) is 2.42. The minimum Gasteiger partial charge on any atom is -0.452 e. The Hall–Kier alpha value is -3.22. The van der Waals surface area contributed by atoms with Crippen molar-refractivity contribution in [2.75, 3.05) is 13.2 Å². The van der Waals surface area contributed by atoms with E-state index in [-0.39, 0.29) is 12.5 Å². The van der Waals surface area contributed by atoms with Crippen LogP contribution in [0.3, 0.4) is 0 Å². The molecule has 7 heteroatoms. The molecule has 0 spiro atoms. The standard InChI is InChI=1S/C21H21FN2O4/c22-18-5-2-1-4-17(18)12-23-19(25)14-28-21(27)16-9-7-15(8-10-16)13-24-11-3-6-20(24)26/h1-2,4-5,7-10H,3,6,11-14H2,(H,23,25). The third-order valence-corrected chi connectivity index (χ3v) is 4.50. The van der Waals surface area contributed by atoms with E-state index in [9.17, 15) is 18.8 Å². The number of amides is 2. The highest BCUT2D eigenvalue weighted by Crippen LogP contribution is 2.15. The van der Waals surface area contributed by atoms with E-state index in [4.69, 9.17) is 4.74 Å². The highest BCUT2D eigenvalue weighted by Gasteiger charge is 2.20. The lowest BCUT2D eigenvalue weighted by Gasteiger charge is -2.15. The topological polar surface area (TPSA) is 75.7 Å². The summed E-state index contributed by atoms with van der Waals surface area (Å²) >= 11 is 0. The monoisotopic (exact) mass is 384 g/mol. The second-order valence-corrected chi connectivity index (χ2v) is 6.56. The fourth-order valence-corrected chi connectivity index (χ4v) is 2.94. The molecule has 28 heavy (non-hydrogen) atoms. The van der Waals surface area contributed by atoms with Gasteiger partial charge in [-0.15, -0.1) is 0 Å². The van der Waals surface area contributed by atoms with Gasteiger partial charge in [0.05, 0.1) is 5.56 Å². The van der Waals surface area contributed by atoms with Crippen molar-refractivity contribution in [3.05, 3.63) is 71.0 Å². The number of hydrogen-bond acceptors (Lipinski definition) is 4. The number of carbonyl (C=O) groups is 3. The Morgan fingerprint density at radius 2 is 1.86 bits per heavy atom. The molecule has 1 N–H and O–H groups in total. The van der Waals surface area contributed by atoms with E-state index in [1.807, 2.05) is 0 Å². The van der Waals surface area contributed by atoms with Gasteiger partial charge in [-0.1, -0.05) is 30.3 Å². The van der Waals surface area contributed by atoms with Crippen molar-refractivity contribution in [2.24, 2.45) is 0 Å². The van der Waals surface area contributed by atoms with Crippen molar-refractivity contribution >= 4 is 17.8 Å². The Balaban J connectivity index is 1.44. The highest BCUT2D eigenvalue weighted by molar-refractivity contribution is 5.91. The molecule has 2 aromatic rings. The largest absolute Gasteiger partial charge is 0.452 e. The van der Waals surface area contributed by atoms with Gasteiger partial charge in [0.25, 0.3) is 5.91 Å². The highest BCUT2D eigenvalue weighted by atomic mass is 19.1. The van der Waals surface area contributed by atoms with Gasteiger partial charge in [-0.3, -0.25) is 9.59 Å². The van der Waals surface area contributed by atoms with Gasteiger partial charge in [0.2, 0.25) is 5.91 Å². The van der Waals surface area contributed by atoms with Gasteiger partial charge < -0.3 is 15.0 Å². The number of nitrogens with zero attached hydrogens (tertiary/aromatic N) is 1. The summed E-state index contributed by atoms with van der Waals surface area (Å²) in [5, 5.41) is 2.51. The van der Waals surface area contributed by atoms with E-state index in [0.717, 1.165) is 18.5 Å². The van der Waals surface area contributed by atoms with Crippen LogP contribution in [0.25, 0.3) is 0 Å². The van der Waals surface area contributed by atoms with Crippen molar-refractivity contribution < 1.29 is 23.5 Å². The van der Waals surface area contributed by atoms with Crippen LogP contribution in [0, 0.1) is 5.82 Å². The predicted molar refractivity (Wildman–Crippen MR) is 99.6 cm³/mol. The third kappa shape index (κ3) is 5.16. The summed E-state index contributed by atoms with van der Waals surface area (Å²) in [7, 11) is 0. The lowest BCUT2D eigenvalue weighted by atomic mass is 10.1. The van der Waals surface area contributed by atoms with Crippen LogP contribution in [-0.4, -0.2) is 35.8 Å². The van der Waals surface area contributed by atoms with E-state index < -0.39 is 24.3 Å². The first kappa shape index (κ1) is 19.5. The molecule has 0 bridgehead atoms. The van der Waals surface area contributed by atoms with E-state index in [0.29, 0.717) is 24.1 Å². The Kier molecular flexibility index (Phi) is 6.37. The van der Waals surface area contributed by atoms with Crippen LogP contribution < -0.4 is 5.32 Å². The molecule has 1 aliphatic rings. The van der Waals surface area contributed by atoms with Gasteiger partial charge in [0, 0.05) is 31.6 Å². The molecule has 2 amide bonds. The molecule has 6 nitrogen and oxygen atoms in total. The maximum Gasteiger partial charge on any atom is 0.338 e. The fourth-order valence-electron chi connectivity index (χ4n) is 2.94. The Morgan fingerprint density at radius 1 is 1.11 bits per heavy atom. The molecule has 0 unspecified atom stereocenters. The zero-order chi connectivity index (χ0) is 19.9. The smallest absolute Gasteiger partial charge is 0.338 e. The number of ether oxygens (including phenoxy) is 1. The minimum absolute atomic E-state index is 0.0208. The molecule has 146 valence electrons. The van der Waals surface area contributed by atoms with Crippen molar-refractivity contribution in [3.63, 3.8) is 0 Å². The summed E-state index contributed by atoms with van der Waals surface area (Å²) in [6.45, 7) is 0.849. The van der Waals surface area contributed by atoms with Crippen molar-refractivity contribution in [2.45, 2.75) is 25.9 Å². The Labute approximate surface area is 162 Å². The summed E-state index contributed by atoms with van der Waals surface area (Å²) in [4.78, 5) is 37.3. The molecule has 1 saturated heterocycles. The van der Waals surface area contributed by atoms with Crippen molar-refractivity contribution in [1.29, 1.82) is 0 Å². The summed E-state index contributed by atoms with van der Waals surface area (Å²) < 4.78 is 18.5. The van der Waals surface area contributed by atoms with Gasteiger partial charge >= 0.3 is 5.97 Å². The quantitative estimate of drug-likeness (QED) is 0.744. The second-order valence-electron chi connectivity index (χ2n) is 6.56. The zero-order valence-electron chi connectivity index (χ0n) is 15.3. The third-order valence-electron chi connectivity index (χ3n) is 4.50. The van der Waals surface area contributed by atoms with Gasteiger partial charge in [0.15, 0.2) is 6.61 Å². The molecule has 2 aromatic carbocycles. The number of halogens is 1. The number of benzene rings is 2. The van der Waals surface area contributed by atoms with Crippen LogP contribution in [0.2, 0.25) is 0 Å². The number of nitrogens with one attached hydrogen (secondary N) is 1. The lowest BCUT2D eigenvalue weighted by Crippen LogP contribution is -2.28. The van der Waals surface area contributed by atoms with Gasteiger partial charge in [0.1, 0.15) is 5.82 Å². The first-order valence-corrected chi connectivity index (χ1v) is 9.07. The van der Waals surface area contributed by atoms with Crippen molar-refractivity contribution in [3.8, 4) is 0 Å². The number of esters is 1. The SMILES string of the molecule is O=C(COC(=O)c1ccc(CN2CCCC2=O)cc1)NCc1ccccc1F. The first-order valence-electron chi connectivity index (χ1n) is 9.07. The number of hydrogen-bond donors (Lipinski definition) is 1. The molecular formula is C21H21FN2O4. The van der Waals surface area contributed by atoms with Gasteiger partial charge in [-0.05, 0) is 30.2 Å². The Bertz CT molecular complexity index is 867. The van der Waals surface area contributed by atoms with E-state index >= 15 is 0 Å². The summed E-state index contributed by atoms with van der Waals surface area (Å²) in [6.07, 6.45) is 1.46. The van der Waals surface area contributed by atoms with Gasteiger partial charge in [-0.2, -0.15) is 0 Å². The maximum absolute atomic E-state index is 13.5. The van der Waals surface area contributed by atoms with Gasteiger partial charge in [-0.25, -0.2) is 9.18 Å². The zero-order valence-corrected chi connectivity index (χ0v) is 15.3. The summed E-state index contributed by atoms with van der Waals surface area (Å²) in [5.74, 6) is -1.40. The van der Waals surface area contributed by atoms with E-state index in [2.05, 4.69) is 5.32 Å². The molecule has 1 heterocycles. The van der Waals surface area contributed by atoms with Crippen LogP contribution in [0.4, 0.5) is 4.39 Å². The fraction of sp³-hybridized carbons (Fsp3) is 0.286. The summed E-state index contributed by atoms with van der Waals surface area (Å²) in [6, 6.07) is 12.9. The van der Waals surface area contributed by atoms with E-state index in [1.165, 1.54) is 6.07 Å². The normalized spacial score (nSPS) is 13.5. The van der Waals surface area contributed by atoms with Crippen LogP contribution in [0.15, 0.2) is 48.5 Å². The van der Waals surface area contributed by atoms with Crippen LogP contribution in [-0.2, 0) is 27.4 Å². The molecule has 0 saturated carbocycles. The molecule has 1 aliphatic heterocycles. The number of rotatable bonds is 7. The minimum atomic E-state index is -0.621. The number of likely N-dealkylation sites (tertiary alicyclic amines) is 1. The van der Waals surface area contributed by atoms with Crippen LogP contribution in [0.5, 0.6) is 0 Å². The Morgan fingerprint density at radius 3 is 2.54 bits per heavy atom.